The summed E-state index contributed by atoms with van der Waals surface area (Å²) in [6.07, 6.45) is 5.17. The molecule has 4 atom stereocenters. The van der Waals surface area contributed by atoms with E-state index in [4.69, 9.17) is 0 Å². The van der Waals surface area contributed by atoms with Crippen LogP contribution in [0.3, 0.4) is 0 Å². The molecule has 4 rings (SSSR count). The second-order valence-corrected chi connectivity index (χ2v) is 11.0. The largest absolute Gasteiger partial charge is 0.392 e. The van der Waals surface area contributed by atoms with E-state index in [2.05, 4.69) is 42.8 Å². The van der Waals surface area contributed by atoms with Crippen molar-refractivity contribution in [2.24, 2.45) is 16.7 Å². The van der Waals surface area contributed by atoms with Gasteiger partial charge in [-0.15, -0.1) is 0 Å². The molecule has 4 unspecified atom stereocenters. The van der Waals surface area contributed by atoms with Crippen LogP contribution in [0.15, 0.2) is 24.3 Å². The number of fused-ring (bicyclic) bond motifs is 3. The molecule has 0 spiro atoms. The fraction of sp³-hybridized carbons (Fsp3) is 0.714. The maximum atomic E-state index is 12.8. The van der Waals surface area contributed by atoms with Crippen molar-refractivity contribution in [3.8, 4) is 0 Å². The number of rotatable bonds is 6. The number of aryl methyl sites for hydroxylation is 1. The Hall–Kier alpha value is -0.910. The molecular weight excluding hydrogens is 346 g/mol. The van der Waals surface area contributed by atoms with Gasteiger partial charge in [0, 0.05) is 12.0 Å². The highest BCUT2D eigenvalue weighted by Gasteiger charge is 2.64. The standard InChI is InChI=1S/C21H31NO3S/c1-20(2)17-9-11-21(20,19(23)13-17)14-26(24,25)22-12-10-16-8-7-15-5-3-4-6-18(15)16/h3-6,16-17,19,22-23H,7-14H2,1-2H3. The van der Waals surface area contributed by atoms with Gasteiger partial charge in [0.2, 0.25) is 10.0 Å². The number of hydrogen-bond donors (Lipinski definition) is 2. The van der Waals surface area contributed by atoms with E-state index in [1.54, 1.807) is 0 Å². The average molecular weight is 378 g/mol. The topological polar surface area (TPSA) is 66.4 Å². The number of hydrogen-bond acceptors (Lipinski definition) is 3. The summed E-state index contributed by atoms with van der Waals surface area (Å²) in [5.41, 5.74) is 2.21. The lowest BCUT2D eigenvalue weighted by Crippen LogP contribution is -2.47. The first-order valence-electron chi connectivity index (χ1n) is 9.98. The Kier molecular flexibility index (Phi) is 4.48. The minimum absolute atomic E-state index is 0.0614. The molecule has 0 aliphatic heterocycles. The van der Waals surface area contributed by atoms with Crippen LogP contribution < -0.4 is 4.72 Å². The predicted octanol–water partition coefficient (Wildman–Crippen LogP) is 3.21. The molecule has 0 radical (unpaired) electrons. The van der Waals surface area contributed by atoms with Crippen molar-refractivity contribution >= 4 is 10.0 Å². The first kappa shape index (κ1) is 18.5. The van der Waals surface area contributed by atoms with Gasteiger partial charge >= 0.3 is 0 Å². The maximum Gasteiger partial charge on any atom is 0.212 e. The summed E-state index contributed by atoms with van der Waals surface area (Å²) in [7, 11) is -3.39. The molecule has 0 amide bonds. The van der Waals surface area contributed by atoms with Crippen molar-refractivity contribution in [1.29, 1.82) is 0 Å². The van der Waals surface area contributed by atoms with E-state index in [9.17, 15) is 13.5 Å². The molecule has 1 aromatic rings. The zero-order valence-corrected chi connectivity index (χ0v) is 16.7. The number of aliphatic hydroxyl groups is 1. The zero-order chi connectivity index (χ0) is 18.6. The van der Waals surface area contributed by atoms with Crippen LogP contribution in [0, 0.1) is 16.7 Å². The summed E-state index contributed by atoms with van der Waals surface area (Å²) >= 11 is 0. The van der Waals surface area contributed by atoms with E-state index < -0.39 is 21.5 Å². The highest BCUT2D eigenvalue weighted by molar-refractivity contribution is 7.89. The average Bonchev–Trinajstić information content (AvgIpc) is 3.14. The van der Waals surface area contributed by atoms with E-state index in [0.717, 1.165) is 38.5 Å². The number of aliphatic hydroxyl groups excluding tert-OH is 1. The van der Waals surface area contributed by atoms with Crippen LogP contribution in [-0.2, 0) is 16.4 Å². The Balaban J connectivity index is 1.38. The summed E-state index contributed by atoms with van der Waals surface area (Å²) in [6.45, 7) is 4.77. The molecule has 2 fully saturated rings. The van der Waals surface area contributed by atoms with Crippen molar-refractivity contribution in [1.82, 2.24) is 4.72 Å². The molecule has 3 aliphatic carbocycles. The highest BCUT2D eigenvalue weighted by atomic mass is 32.2. The van der Waals surface area contributed by atoms with E-state index in [1.165, 1.54) is 11.1 Å². The molecule has 5 heteroatoms. The Bertz CT molecular complexity index is 788. The Morgan fingerprint density at radius 1 is 1.23 bits per heavy atom. The minimum Gasteiger partial charge on any atom is -0.392 e. The Labute approximate surface area is 157 Å². The second kappa shape index (κ2) is 6.32. The predicted molar refractivity (Wildman–Crippen MR) is 103 cm³/mol. The Morgan fingerprint density at radius 3 is 2.69 bits per heavy atom. The van der Waals surface area contributed by atoms with Crippen LogP contribution in [-0.4, -0.2) is 31.9 Å². The van der Waals surface area contributed by atoms with Crippen LogP contribution in [0.2, 0.25) is 0 Å². The third kappa shape index (κ3) is 2.83. The summed E-state index contributed by atoms with van der Waals surface area (Å²) in [5.74, 6) is 0.963. The van der Waals surface area contributed by atoms with Crippen LogP contribution in [0.1, 0.15) is 63.0 Å². The molecule has 4 nitrogen and oxygen atoms in total. The van der Waals surface area contributed by atoms with E-state index >= 15 is 0 Å². The van der Waals surface area contributed by atoms with Crippen LogP contribution in [0.4, 0.5) is 0 Å². The smallest absolute Gasteiger partial charge is 0.212 e. The first-order chi connectivity index (χ1) is 12.3. The molecule has 2 N–H and O–H groups in total. The first-order valence-corrected chi connectivity index (χ1v) is 11.6. The normalized spacial score (nSPS) is 35.0. The molecule has 2 saturated carbocycles. The van der Waals surface area contributed by atoms with Crippen molar-refractivity contribution in [3.63, 3.8) is 0 Å². The second-order valence-electron chi connectivity index (χ2n) is 9.24. The number of sulfonamides is 1. The molecule has 3 aliphatic rings. The molecule has 144 valence electrons. The van der Waals surface area contributed by atoms with Gasteiger partial charge in [0.05, 0.1) is 11.9 Å². The van der Waals surface area contributed by atoms with E-state index in [-0.39, 0.29) is 11.2 Å². The van der Waals surface area contributed by atoms with Gasteiger partial charge in [-0.1, -0.05) is 38.1 Å². The van der Waals surface area contributed by atoms with Gasteiger partial charge in [0.15, 0.2) is 0 Å². The lowest BCUT2D eigenvalue weighted by molar-refractivity contribution is 0.0152. The summed E-state index contributed by atoms with van der Waals surface area (Å²) in [6, 6.07) is 8.50. The van der Waals surface area contributed by atoms with Gasteiger partial charge in [-0.25, -0.2) is 13.1 Å². The van der Waals surface area contributed by atoms with Crippen molar-refractivity contribution < 1.29 is 13.5 Å². The fourth-order valence-electron chi connectivity index (χ4n) is 6.10. The minimum atomic E-state index is -3.39. The van der Waals surface area contributed by atoms with Crippen molar-refractivity contribution in [3.05, 3.63) is 35.4 Å². The third-order valence-electron chi connectivity index (χ3n) is 7.91. The van der Waals surface area contributed by atoms with Gasteiger partial charge in [0.25, 0.3) is 0 Å². The SMILES string of the molecule is CC1(C)C2CCC1(CS(=O)(=O)NCCC1CCc3ccccc31)C(O)C2. The lowest BCUT2D eigenvalue weighted by atomic mass is 9.70. The molecule has 0 heterocycles. The van der Waals surface area contributed by atoms with Crippen LogP contribution in [0.5, 0.6) is 0 Å². The maximum absolute atomic E-state index is 12.8. The van der Waals surface area contributed by atoms with Gasteiger partial charge in [0.1, 0.15) is 0 Å². The van der Waals surface area contributed by atoms with Crippen LogP contribution in [0.25, 0.3) is 0 Å². The molecule has 0 aromatic heterocycles. The zero-order valence-electron chi connectivity index (χ0n) is 15.9. The molecule has 1 aromatic carbocycles. The van der Waals surface area contributed by atoms with Gasteiger partial charge < -0.3 is 5.11 Å². The van der Waals surface area contributed by atoms with Gasteiger partial charge in [-0.3, -0.25) is 0 Å². The molecular formula is C21H31NO3S. The van der Waals surface area contributed by atoms with E-state index in [0.29, 0.717) is 18.4 Å². The number of benzene rings is 1. The lowest BCUT2D eigenvalue weighted by Gasteiger charge is -2.40. The summed E-state index contributed by atoms with van der Waals surface area (Å²) in [5, 5.41) is 10.6. The molecule has 2 bridgehead atoms. The molecule has 0 saturated heterocycles. The highest BCUT2D eigenvalue weighted by Crippen LogP contribution is 2.66. The summed E-state index contributed by atoms with van der Waals surface area (Å²) < 4.78 is 28.4. The van der Waals surface area contributed by atoms with Gasteiger partial charge in [-0.05, 0) is 66.9 Å². The quantitative estimate of drug-likeness (QED) is 0.800. The number of nitrogens with one attached hydrogen (secondary N) is 1. The monoisotopic (exact) mass is 377 g/mol. The van der Waals surface area contributed by atoms with Crippen LogP contribution >= 0.6 is 0 Å². The van der Waals surface area contributed by atoms with E-state index in [1.807, 2.05) is 0 Å². The molecule has 26 heavy (non-hydrogen) atoms. The summed E-state index contributed by atoms with van der Waals surface area (Å²) in [4.78, 5) is 0. The van der Waals surface area contributed by atoms with Gasteiger partial charge in [-0.2, -0.15) is 0 Å². The van der Waals surface area contributed by atoms with Crippen molar-refractivity contribution in [2.45, 2.75) is 64.4 Å². The fourth-order valence-corrected chi connectivity index (χ4v) is 8.02. The van der Waals surface area contributed by atoms with Crippen molar-refractivity contribution in [2.75, 3.05) is 12.3 Å². The third-order valence-corrected chi connectivity index (χ3v) is 9.45. The Morgan fingerprint density at radius 2 is 2.00 bits per heavy atom.